The van der Waals surface area contributed by atoms with Gasteiger partial charge in [0.15, 0.2) is 0 Å². The van der Waals surface area contributed by atoms with Crippen LogP contribution in [0.25, 0.3) is 0 Å². The van der Waals surface area contributed by atoms with E-state index in [9.17, 15) is 13.2 Å². The summed E-state index contributed by atoms with van der Waals surface area (Å²) in [4.78, 5) is 0. The van der Waals surface area contributed by atoms with Crippen molar-refractivity contribution in [1.82, 2.24) is 0 Å². The van der Waals surface area contributed by atoms with Gasteiger partial charge in [0.2, 0.25) is 6.36 Å². The van der Waals surface area contributed by atoms with E-state index in [0.717, 1.165) is 0 Å². The topological polar surface area (TPSA) is 9.23 Å². The molecule has 0 aromatic carbocycles. The molecule has 4 heteroatoms. The fourth-order valence-corrected chi connectivity index (χ4v) is 1.07. The second kappa shape index (κ2) is 2.42. The van der Waals surface area contributed by atoms with Gasteiger partial charge in [-0.25, -0.2) is 13.2 Å². The van der Waals surface area contributed by atoms with Crippen molar-refractivity contribution in [3.63, 3.8) is 0 Å². The number of hydrogen-bond acceptors (Lipinski definition) is 1. The molecular weight excluding hydrogens is 145 g/mol. The Morgan fingerprint density at radius 2 is 2.20 bits per heavy atom. The Morgan fingerprint density at radius 1 is 1.60 bits per heavy atom. The summed E-state index contributed by atoms with van der Waals surface area (Å²) in [5.41, 5.74) is 0. The van der Waals surface area contributed by atoms with Gasteiger partial charge < -0.3 is 4.74 Å². The highest BCUT2D eigenvalue weighted by Crippen LogP contribution is 2.37. The van der Waals surface area contributed by atoms with E-state index in [1.165, 1.54) is 0 Å². The third-order valence-corrected chi connectivity index (χ3v) is 1.59. The molecule has 1 aliphatic rings. The van der Waals surface area contributed by atoms with Crippen LogP contribution in [0.1, 0.15) is 19.8 Å². The van der Waals surface area contributed by atoms with Gasteiger partial charge in [0.25, 0.3) is 5.92 Å². The zero-order chi connectivity index (χ0) is 7.78. The Kier molecular flexibility index (Phi) is 1.90. The Morgan fingerprint density at radius 3 is 2.40 bits per heavy atom. The molecule has 0 unspecified atom stereocenters. The molecule has 2 atom stereocenters. The van der Waals surface area contributed by atoms with E-state index in [1.54, 1.807) is 6.92 Å². The predicted octanol–water partition coefficient (Wildman–Crippen LogP) is 2.12. The third-order valence-electron chi connectivity index (χ3n) is 1.59. The lowest BCUT2D eigenvalue weighted by Gasteiger charge is -2.13. The van der Waals surface area contributed by atoms with Crippen LogP contribution in [-0.4, -0.2) is 18.4 Å². The van der Waals surface area contributed by atoms with Gasteiger partial charge in [-0.1, -0.05) is 6.92 Å². The molecule has 1 saturated heterocycles. The number of rotatable bonds is 1. The highest BCUT2D eigenvalue weighted by Gasteiger charge is 2.49. The quantitative estimate of drug-likeness (QED) is 0.562. The molecule has 0 aromatic rings. The van der Waals surface area contributed by atoms with E-state index < -0.39 is 24.8 Å². The lowest BCUT2D eigenvalue weighted by molar-refractivity contribution is -0.0901. The van der Waals surface area contributed by atoms with Crippen molar-refractivity contribution < 1.29 is 17.9 Å². The van der Waals surface area contributed by atoms with Crippen LogP contribution in [0.2, 0.25) is 0 Å². The average molecular weight is 154 g/mol. The number of hydrogen-bond donors (Lipinski definition) is 0. The second-order valence-electron chi connectivity index (χ2n) is 2.41. The van der Waals surface area contributed by atoms with Crippen LogP contribution in [0.15, 0.2) is 0 Å². The van der Waals surface area contributed by atoms with Gasteiger partial charge in [-0.15, -0.1) is 0 Å². The van der Waals surface area contributed by atoms with E-state index in [1.807, 2.05) is 0 Å². The molecule has 1 heterocycles. The van der Waals surface area contributed by atoms with Crippen molar-refractivity contribution in [1.29, 1.82) is 0 Å². The van der Waals surface area contributed by atoms with E-state index in [2.05, 4.69) is 4.74 Å². The van der Waals surface area contributed by atoms with Crippen LogP contribution in [0.3, 0.4) is 0 Å². The molecule has 1 aliphatic heterocycles. The highest BCUT2D eigenvalue weighted by molar-refractivity contribution is 4.84. The minimum absolute atomic E-state index is 0.160. The first-order valence-electron chi connectivity index (χ1n) is 3.23. The maximum Gasteiger partial charge on any atom is 0.278 e. The first kappa shape index (κ1) is 7.85. The van der Waals surface area contributed by atoms with E-state index in [0.29, 0.717) is 0 Å². The van der Waals surface area contributed by atoms with Crippen LogP contribution in [0.4, 0.5) is 13.2 Å². The standard InChI is InChI=1S/C6H9F3O/c1-2-4-6(8,9)3-5(7)10-4/h4-5H,2-3H2,1H3/t4-,5-/m1/s1. The molecule has 1 rings (SSSR count). The normalized spacial score (nSPS) is 38.4. The summed E-state index contributed by atoms with van der Waals surface area (Å²) in [6, 6.07) is 0. The van der Waals surface area contributed by atoms with Crippen molar-refractivity contribution in [3.8, 4) is 0 Å². The monoisotopic (exact) mass is 154 g/mol. The van der Waals surface area contributed by atoms with E-state index >= 15 is 0 Å². The van der Waals surface area contributed by atoms with Gasteiger partial charge in [0, 0.05) is 0 Å². The average Bonchev–Trinajstić information content (AvgIpc) is 2.04. The zero-order valence-corrected chi connectivity index (χ0v) is 5.61. The molecule has 0 radical (unpaired) electrons. The predicted molar refractivity (Wildman–Crippen MR) is 29.6 cm³/mol. The number of alkyl halides is 3. The molecule has 10 heavy (non-hydrogen) atoms. The minimum Gasteiger partial charge on any atom is -0.338 e. The maximum absolute atomic E-state index is 12.5. The summed E-state index contributed by atoms with van der Waals surface area (Å²) in [6.07, 6.45) is -3.62. The summed E-state index contributed by atoms with van der Waals surface area (Å²) in [5, 5.41) is 0. The smallest absolute Gasteiger partial charge is 0.278 e. The van der Waals surface area contributed by atoms with Gasteiger partial charge >= 0.3 is 0 Å². The van der Waals surface area contributed by atoms with Crippen molar-refractivity contribution >= 4 is 0 Å². The van der Waals surface area contributed by atoms with Gasteiger partial charge in [0.1, 0.15) is 6.10 Å². The highest BCUT2D eigenvalue weighted by atomic mass is 19.3. The van der Waals surface area contributed by atoms with Crippen molar-refractivity contribution in [2.45, 2.75) is 38.1 Å². The molecular formula is C6H9F3O. The molecule has 0 aromatic heterocycles. The summed E-state index contributed by atoms with van der Waals surface area (Å²) in [7, 11) is 0. The molecule has 0 bridgehead atoms. The van der Waals surface area contributed by atoms with Gasteiger partial charge in [0.05, 0.1) is 6.42 Å². The molecule has 0 aliphatic carbocycles. The lowest BCUT2D eigenvalue weighted by atomic mass is 10.1. The number of ether oxygens (including phenoxy) is 1. The summed E-state index contributed by atoms with van der Waals surface area (Å²) in [6.45, 7) is 1.55. The van der Waals surface area contributed by atoms with Crippen LogP contribution >= 0.6 is 0 Å². The third kappa shape index (κ3) is 1.26. The van der Waals surface area contributed by atoms with Crippen LogP contribution in [0.5, 0.6) is 0 Å². The zero-order valence-electron chi connectivity index (χ0n) is 5.61. The molecule has 0 amide bonds. The SMILES string of the molecule is CC[C@H]1O[C@@H](F)CC1(F)F. The first-order valence-corrected chi connectivity index (χ1v) is 3.23. The fourth-order valence-electron chi connectivity index (χ4n) is 1.07. The van der Waals surface area contributed by atoms with Gasteiger partial charge in [-0.3, -0.25) is 0 Å². The largest absolute Gasteiger partial charge is 0.338 e. The number of halogens is 3. The second-order valence-corrected chi connectivity index (χ2v) is 2.41. The maximum atomic E-state index is 12.5. The first-order chi connectivity index (χ1) is 4.56. The van der Waals surface area contributed by atoms with E-state index in [-0.39, 0.29) is 6.42 Å². The van der Waals surface area contributed by atoms with Crippen molar-refractivity contribution in [2.75, 3.05) is 0 Å². The lowest BCUT2D eigenvalue weighted by Crippen LogP contribution is -2.27. The fraction of sp³-hybridized carbons (Fsp3) is 1.00. The Hall–Kier alpha value is -0.250. The van der Waals surface area contributed by atoms with Crippen LogP contribution in [0, 0.1) is 0 Å². The molecule has 1 nitrogen and oxygen atoms in total. The Labute approximate surface area is 57.2 Å². The van der Waals surface area contributed by atoms with Crippen LogP contribution in [-0.2, 0) is 4.74 Å². The van der Waals surface area contributed by atoms with Gasteiger partial charge in [-0.2, -0.15) is 0 Å². The summed E-state index contributed by atoms with van der Waals surface area (Å²) < 4.78 is 41.5. The van der Waals surface area contributed by atoms with Crippen LogP contribution < -0.4 is 0 Å². The molecule has 0 saturated carbocycles. The van der Waals surface area contributed by atoms with E-state index in [4.69, 9.17) is 0 Å². The molecule has 1 fully saturated rings. The molecule has 60 valence electrons. The Balaban J connectivity index is 2.58. The molecule has 0 N–H and O–H groups in total. The summed E-state index contributed by atoms with van der Waals surface area (Å²) >= 11 is 0. The molecule has 0 spiro atoms. The van der Waals surface area contributed by atoms with Crippen molar-refractivity contribution in [3.05, 3.63) is 0 Å². The summed E-state index contributed by atoms with van der Waals surface area (Å²) in [5.74, 6) is -2.96. The van der Waals surface area contributed by atoms with Gasteiger partial charge in [-0.05, 0) is 6.42 Å². The minimum atomic E-state index is -2.96. The van der Waals surface area contributed by atoms with Crippen molar-refractivity contribution in [2.24, 2.45) is 0 Å². The Bertz CT molecular complexity index is 126.